The van der Waals surface area contributed by atoms with Gasteiger partial charge in [0.1, 0.15) is 23.6 Å². The fourth-order valence-corrected chi connectivity index (χ4v) is 3.53. The Balaban J connectivity index is 1.76. The normalized spacial score (nSPS) is 10.3. The molecule has 0 aliphatic rings. The smallest absolute Gasteiger partial charge is 0.357 e. The number of esters is 2. The minimum Gasteiger partial charge on any atom is -0.489 e. The highest BCUT2D eigenvalue weighted by Crippen LogP contribution is 2.31. The zero-order valence-corrected chi connectivity index (χ0v) is 19.1. The van der Waals surface area contributed by atoms with Gasteiger partial charge < -0.3 is 14.2 Å². The summed E-state index contributed by atoms with van der Waals surface area (Å²) in [5, 5.41) is 13.5. The second-order valence-electron chi connectivity index (χ2n) is 7.43. The second kappa shape index (κ2) is 10.4. The molecule has 0 N–H and O–H groups in total. The number of nitriles is 1. The van der Waals surface area contributed by atoms with Crippen molar-refractivity contribution in [1.82, 2.24) is 9.78 Å². The Morgan fingerprint density at radius 3 is 2.29 bits per heavy atom. The first-order valence-electron chi connectivity index (χ1n) is 10.6. The first kappa shape index (κ1) is 23.3. The molecule has 0 fully saturated rings. The Labute approximate surface area is 201 Å². The molecule has 35 heavy (non-hydrogen) atoms. The van der Waals surface area contributed by atoms with Crippen LogP contribution in [0, 0.1) is 11.3 Å². The number of rotatable bonds is 7. The molecule has 0 amide bonds. The molecule has 8 heteroatoms. The number of carbonyl (C=O) groups excluding carboxylic acids is 2. The molecule has 0 unspecified atom stereocenters. The fraction of sp³-hybridized carbons (Fsp3) is 0.111. The SMILES string of the molecule is COC(=O)c1c(-c2cccc(OCc3ccc(C#N)cc3)c2)nn(-c2ccccc2)c1C(=O)OC. The minimum absolute atomic E-state index is 0.00700. The summed E-state index contributed by atoms with van der Waals surface area (Å²) in [4.78, 5) is 25.5. The van der Waals surface area contributed by atoms with E-state index in [4.69, 9.17) is 19.5 Å². The van der Waals surface area contributed by atoms with E-state index < -0.39 is 11.9 Å². The molecule has 0 saturated carbocycles. The third-order valence-corrected chi connectivity index (χ3v) is 5.25. The number of methoxy groups -OCH3 is 2. The third kappa shape index (κ3) is 4.89. The Hall–Kier alpha value is -4.90. The molecule has 0 radical (unpaired) electrons. The summed E-state index contributed by atoms with van der Waals surface area (Å²) in [5.74, 6) is -0.899. The van der Waals surface area contributed by atoms with E-state index in [1.165, 1.54) is 18.9 Å². The van der Waals surface area contributed by atoms with Crippen LogP contribution >= 0.6 is 0 Å². The van der Waals surface area contributed by atoms with Gasteiger partial charge in [0.15, 0.2) is 5.69 Å². The predicted molar refractivity (Wildman–Crippen MR) is 127 cm³/mol. The average Bonchev–Trinajstić information content (AvgIpc) is 3.33. The summed E-state index contributed by atoms with van der Waals surface area (Å²) < 4.78 is 17.2. The molecule has 0 spiro atoms. The molecule has 0 atom stereocenters. The van der Waals surface area contributed by atoms with Gasteiger partial charge in [-0.3, -0.25) is 0 Å². The highest BCUT2D eigenvalue weighted by Gasteiger charge is 2.31. The van der Waals surface area contributed by atoms with Gasteiger partial charge in [-0.1, -0.05) is 42.5 Å². The maximum Gasteiger partial charge on any atom is 0.357 e. The standard InChI is InChI=1S/C27H21N3O5/c1-33-26(31)23-24(29-30(25(23)27(32)34-2)21-8-4-3-5-9-21)20-7-6-10-22(15-20)35-17-19-13-11-18(16-28)12-14-19/h3-15H,17H2,1-2H3. The number of nitrogens with zero attached hydrogens (tertiary/aromatic N) is 3. The van der Waals surface area contributed by atoms with E-state index in [-0.39, 0.29) is 23.6 Å². The van der Waals surface area contributed by atoms with Gasteiger partial charge in [0.2, 0.25) is 0 Å². The Morgan fingerprint density at radius 1 is 0.914 bits per heavy atom. The lowest BCUT2D eigenvalue weighted by Crippen LogP contribution is -2.15. The molecular weight excluding hydrogens is 446 g/mol. The number of para-hydroxylation sites is 1. The molecular formula is C27H21N3O5. The van der Waals surface area contributed by atoms with Gasteiger partial charge >= 0.3 is 11.9 Å². The lowest BCUT2D eigenvalue weighted by atomic mass is 10.1. The van der Waals surface area contributed by atoms with Crippen molar-refractivity contribution in [3.8, 4) is 28.8 Å². The molecule has 174 valence electrons. The van der Waals surface area contributed by atoms with E-state index >= 15 is 0 Å². The van der Waals surface area contributed by atoms with Crippen LogP contribution in [0.15, 0.2) is 78.9 Å². The summed E-state index contributed by atoms with van der Waals surface area (Å²) in [6.07, 6.45) is 0. The number of benzene rings is 3. The highest BCUT2D eigenvalue weighted by molar-refractivity contribution is 6.06. The molecule has 1 heterocycles. The Kier molecular flexibility index (Phi) is 6.88. The predicted octanol–water partition coefficient (Wildman–Crippen LogP) is 4.56. The van der Waals surface area contributed by atoms with Crippen LogP contribution in [-0.4, -0.2) is 35.9 Å². The van der Waals surface area contributed by atoms with Gasteiger partial charge in [-0.25, -0.2) is 14.3 Å². The van der Waals surface area contributed by atoms with Crippen molar-refractivity contribution in [1.29, 1.82) is 5.26 Å². The number of carbonyl (C=O) groups is 2. The summed E-state index contributed by atoms with van der Waals surface area (Å²) in [6.45, 7) is 0.283. The lowest BCUT2D eigenvalue weighted by Gasteiger charge is -2.08. The van der Waals surface area contributed by atoms with Crippen LogP contribution in [0.1, 0.15) is 32.0 Å². The highest BCUT2D eigenvalue weighted by atomic mass is 16.5. The van der Waals surface area contributed by atoms with Gasteiger partial charge in [0.25, 0.3) is 0 Å². The first-order chi connectivity index (χ1) is 17.0. The van der Waals surface area contributed by atoms with Crippen LogP contribution in [0.25, 0.3) is 16.9 Å². The maximum atomic E-state index is 12.8. The quantitative estimate of drug-likeness (QED) is 0.367. The molecule has 8 nitrogen and oxygen atoms in total. The molecule has 4 aromatic rings. The van der Waals surface area contributed by atoms with E-state index in [1.807, 2.05) is 18.2 Å². The molecule has 3 aromatic carbocycles. The Morgan fingerprint density at radius 2 is 1.63 bits per heavy atom. The van der Waals surface area contributed by atoms with Gasteiger partial charge in [-0.05, 0) is 42.0 Å². The van der Waals surface area contributed by atoms with Crippen molar-refractivity contribution in [3.63, 3.8) is 0 Å². The number of hydrogen-bond acceptors (Lipinski definition) is 7. The van der Waals surface area contributed by atoms with Crippen LogP contribution in [0.4, 0.5) is 0 Å². The molecule has 0 aliphatic carbocycles. The van der Waals surface area contributed by atoms with Crippen molar-refractivity contribution in [3.05, 3.63) is 101 Å². The van der Waals surface area contributed by atoms with Crippen molar-refractivity contribution in [2.24, 2.45) is 0 Å². The van der Waals surface area contributed by atoms with Crippen LogP contribution in [0.2, 0.25) is 0 Å². The summed E-state index contributed by atoms with van der Waals surface area (Å²) in [5.41, 5.74) is 2.81. The van der Waals surface area contributed by atoms with Gasteiger partial charge in [0, 0.05) is 5.56 Å². The maximum absolute atomic E-state index is 12.8. The van der Waals surface area contributed by atoms with Crippen molar-refractivity contribution in [2.45, 2.75) is 6.61 Å². The van der Waals surface area contributed by atoms with Crippen LogP contribution in [-0.2, 0) is 16.1 Å². The van der Waals surface area contributed by atoms with Crippen LogP contribution < -0.4 is 4.74 Å². The summed E-state index contributed by atoms with van der Waals surface area (Å²) >= 11 is 0. The summed E-state index contributed by atoms with van der Waals surface area (Å²) in [6, 6.07) is 25.2. The first-order valence-corrected chi connectivity index (χ1v) is 10.6. The molecule has 1 aromatic heterocycles. The molecule has 0 bridgehead atoms. The van der Waals surface area contributed by atoms with Gasteiger partial charge in [0.05, 0.1) is 31.5 Å². The minimum atomic E-state index is -0.721. The van der Waals surface area contributed by atoms with E-state index in [1.54, 1.807) is 60.7 Å². The number of ether oxygens (including phenoxy) is 3. The van der Waals surface area contributed by atoms with Crippen LogP contribution in [0.3, 0.4) is 0 Å². The second-order valence-corrected chi connectivity index (χ2v) is 7.43. The van der Waals surface area contributed by atoms with Crippen molar-refractivity contribution < 1.29 is 23.8 Å². The zero-order chi connectivity index (χ0) is 24.8. The summed E-state index contributed by atoms with van der Waals surface area (Å²) in [7, 11) is 2.48. The number of hydrogen-bond donors (Lipinski definition) is 0. The molecule has 0 saturated heterocycles. The largest absolute Gasteiger partial charge is 0.489 e. The van der Waals surface area contributed by atoms with E-state index in [9.17, 15) is 9.59 Å². The Bertz CT molecular complexity index is 1400. The average molecular weight is 467 g/mol. The van der Waals surface area contributed by atoms with Crippen molar-refractivity contribution in [2.75, 3.05) is 14.2 Å². The van der Waals surface area contributed by atoms with E-state index in [0.717, 1.165) is 5.56 Å². The van der Waals surface area contributed by atoms with Crippen LogP contribution in [0.5, 0.6) is 5.75 Å². The number of aromatic nitrogens is 2. The van der Waals surface area contributed by atoms with E-state index in [2.05, 4.69) is 11.2 Å². The van der Waals surface area contributed by atoms with Gasteiger partial charge in [-0.15, -0.1) is 0 Å². The van der Waals surface area contributed by atoms with E-state index in [0.29, 0.717) is 22.6 Å². The topological polar surface area (TPSA) is 103 Å². The fourth-order valence-electron chi connectivity index (χ4n) is 3.53. The molecule has 4 rings (SSSR count). The van der Waals surface area contributed by atoms with Gasteiger partial charge in [-0.2, -0.15) is 10.4 Å². The van der Waals surface area contributed by atoms with Crippen molar-refractivity contribution >= 4 is 11.9 Å². The monoisotopic (exact) mass is 467 g/mol. The molecule has 0 aliphatic heterocycles. The zero-order valence-electron chi connectivity index (χ0n) is 19.1. The lowest BCUT2D eigenvalue weighted by molar-refractivity contribution is 0.0549. The third-order valence-electron chi connectivity index (χ3n) is 5.25.